The molecule has 0 bridgehead atoms. The van der Waals surface area contributed by atoms with Crippen LogP contribution in [0.1, 0.15) is 43.6 Å². The van der Waals surface area contributed by atoms with E-state index in [0.29, 0.717) is 0 Å². The Bertz CT molecular complexity index is 715. The second kappa shape index (κ2) is 7.91. The molecule has 6 heteroatoms. The number of aromatic nitrogens is 2. The third-order valence-corrected chi connectivity index (χ3v) is 4.12. The number of amides is 1. The topological polar surface area (TPSA) is 67.6 Å². The molecule has 1 aromatic heterocycles. The summed E-state index contributed by atoms with van der Waals surface area (Å²) in [7, 11) is 1.62. The van der Waals surface area contributed by atoms with Crippen LogP contribution in [0, 0.1) is 13.8 Å². The lowest BCUT2D eigenvalue weighted by molar-refractivity contribution is 0.0160. The highest BCUT2D eigenvalue weighted by atomic mass is 16.6. The lowest BCUT2D eigenvalue weighted by atomic mass is 10.0. The lowest BCUT2D eigenvalue weighted by Crippen LogP contribution is -2.41. The molecule has 0 radical (unpaired) electrons. The Morgan fingerprint density at radius 1 is 1.27 bits per heavy atom. The van der Waals surface area contributed by atoms with Gasteiger partial charge in [0.1, 0.15) is 11.6 Å². The van der Waals surface area contributed by atoms with Crippen LogP contribution in [-0.2, 0) is 4.74 Å². The molecule has 0 aliphatic heterocycles. The maximum absolute atomic E-state index is 12.2. The molecule has 2 aromatic rings. The number of nitrogens with zero attached hydrogens (tertiary/aromatic N) is 3. The molecule has 1 amide bonds. The van der Waals surface area contributed by atoms with Crippen molar-refractivity contribution >= 4 is 6.09 Å². The number of hydrogen-bond donors (Lipinski definition) is 1. The van der Waals surface area contributed by atoms with Crippen LogP contribution in [-0.4, -0.2) is 51.2 Å². The van der Waals surface area contributed by atoms with E-state index in [1.807, 2.05) is 71.1 Å². The van der Waals surface area contributed by atoms with E-state index in [-0.39, 0.29) is 6.54 Å². The molecular formula is C20H29N3O3. The van der Waals surface area contributed by atoms with E-state index < -0.39 is 23.8 Å². The first kappa shape index (κ1) is 20.0. The summed E-state index contributed by atoms with van der Waals surface area (Å²) in [5.74, 6) is 0. The summed E-state index contributed by atoms with van der Waals surface area (Å²) in [6.07, 6.45) is 0.619. The van der Waals surface area contributed by atoms with Crippen molar-refractivity contribution in [1.82, 2.24) is 14.7 Å². The van der Waals surface area contributed by atoms with Crippen LogP contribution in [0.15, 0.2) is 36.5 Å². The van der Waals surface area contributed by atoms with Crippen molar-refractivity contribution in [3.05, 3.63) is 53.3 Å². The van der Waals surface area contributed by atoms with E-state index in [0.717, 1.165) is 16.8 Å². The highest BCUT2D eigenvalue weighted by Crippen LogP contribution is 2.24. The van der Waals surface area contributed by atoms with Crippen LogP contribution in [0.2, 0.25) is 0 Å². The Balaban J connectivity index is 2.24. The largest absolute Gasteiger partial charge is 0.444 e. The molecule has 0 saturated carbocycles. The molecule has 2 atom stereocenters. The molecule has 0 aliphatic rings. The normalized spacial score (nSPS) is 14.0. The zero-order chi connectivity index (χ0) is 19.5. The summed E-state index contributed by atoms with van der Waals surface area (Å²) >= 11 is 0. The van der Waals surface area contributed by atoms with Gasteiger partial charge in [-0.3, -0.25) is 4.68 Å². The van der Waals surface area contributed by atoms with Gasteiger partial charge in [-0.15, -0.1) is 0 Å². The first-order valence-corrected chi connectivity index (χ1v) is 8.78. The van der Waals surface area contributed by atoms with Crippen LogP contribution in [0.3, 0.4) is 0 Å². The van der Waals surface area contributed by atoms with E-state index in [1.165, 1.54) is 4.90 Å². The molecular weight excluding hydrogens is 330 g/mol. The van der Waals surface area contributed by atoms with Gasteiger partial charge in [0.2, 0.25) is 0 Å². The molecule has 6 nitrogen and oxygen atoms in total. The molecule has 2 unspecified atom stereocenters. The van der Waals surface area contributed by atoms with Gasteiger partial charge in [0.25, 0.3) is 0 Å². The highest BCUT2D eigenvalue weighted by molar-refractivity contribution is 5.67. The number of carbonyl (C=O) groups is 1. The maximum Gasteiger partial charge on any atom is 0.410 e. The van der Waals surface area contributed by atoms with Crippen molar-refractivity contribution in [2.45, 2.75) is 52.4 Å². The fourth-order valence-electron chi connectivity index (χ4n) is 2.71. The van der Waals surface area contributed by atoms with Crippen molar-refractivity contribution in [1.29, 1.82) is 0 Å². The van der Waals surface area contributed by atoms with E-state index in [4.69, 9.17) is 4.74 Å². The molecule has 26 heavy (non-hydrogen) atoms. The Hall–Kier alpha value is -2.34. The first-order chi connectivity index (χ1) is 12.1. The molecule has 1 N–H and O–H groups in total. The van der Waals surface area contributed by atoms with Gasteiger partial charge in [-0.25, -0.2) is 4.79 Å². The number of ether oxygens (including phenoxy) is 1. The fraction of sp³-hybridized carbons (Fsp3) is 0.500. The number of aliphatic hydroxyl groups is 1. The van der Waals surface area contributed by atoms with Crippen LogP contribution < -0.4 is 0 Å². The van der Waals surface area contributed by atoms with Gasteiger partial charge in [0.15, 0.2) is 0 Å². The summed E-state index contributed by atoms with van der Waals surface area (Å²) in [5.41, 5.74) is 2.32. The Morgan fingerprint density at radius 3 is 2.38 bits per heavy atom. The lowest BCUT2D eigenvalue weighted by Gasteiger charge is -2.29. The number of benzene rings is 1. The minimum atomic E-state index is -0.839. The SMILES string of the molecule is Cc1cn(C(c2ccccc2)C(O)CN(C)C(=O)OC(C)(C)C)nc1C. The highest BCUT2D eigenvalue weighted by Gasteiger charge is 2.28. The predicted octanol–water partition coefficient (Wildman–Crippen LogP) is 3.32. The molecule has 0 fully saturated rings. The van der Waals surface area contributed by atoms with Gasteiger partial charge in [-0.05, 0) is 45.7 Å². The van der Waals surface area contributed by atoms with Crippen molar-refractivity contribution < 1.29 is 14.6 Å². The van der Waals surface area contributed by atoms with Gasteiger partial charge in [-0.1, -0.05) is 30.3 Å². The maximum atomic E-state index is 12.2. The predicted molar refractivity (Wildman–Crippen MR) is 101 cm³/mol. The molecule has 142 valence electrons. The average Bonchev–Trinajstić information content (AvgIpc) is 2.85. The summed E-state index contributed by atoms with van der Waals surface area (Å²) in [4.78, 5) is 13.6. The molecule has 0 aliphatic carbocycles. The average molecular weight is 359 g/mol. The number of likely N-dealkylation sites (N-methyl/N-ethyl adjacent to an activating group) is 1. The number of aliphatic hydroxyl groups excluding tert-OH is 1. The molecule has 0 spiro atoms. The van der Waals surface area contributed by atoms with Gasteiger partial charge in [0, 0.05) is 13.2 Å². The molecule has 0 saturated heterocycles. The summed E-state index contributed by atoms with van der Waals surface area (Å²) in [6.45, 7) is 9.51. The fourth-order valence-corrected chi connectivity index (χ4v) is 2.71. The summed E-state index contributed by atoms with van der Waals surface area (Å²) in [5, 5.41) is 15.5. The van der Waals surface area contributed by atoms with Crippen molar-refractivity contribution in [2.24, 2.45) is 0 Å². The zero-order valence-corrected chi connectivity index (χ0v) is 16.4. The van der Waals surface area contributed by atoms with Crippen LogP contribution in [0.4, 0.5) is 4.79 Å². The minimum Gasteiger partial charge on any atom is -0.444 e. The third kappa shape index (κ3) is 5.08. The van der Waals surface area contributed by atoms with Crippen molar-refractivity contribution in [3.63, 3.8) is 0 Å². The minimum absolute atomic E-state index is 0.131. The number of aryl methyl sites for hydroxylation is 2. The van der Waals surface area contributed by atoms with Crippen LogP contribution >= 0.6 is 0 Å². The van der Waals surface area contributed by atoms with E-state index in [2.05, 4.69) is 5.10 Å². The standard InChI is InChI=1S/C20H29N3O3/c1-14-12-23(21-15(14)2)18(16-10-8-7-9-11-16)17(24)13-22(6)19(25)26-20(3,4)5/h7-12,17-18,24H,13H2,1-6H3. The van der Waals surface area contributed by atoms with Crippen molar-refractivity contribution in [3.8, 4) is 0 Å². The number of hydrogen-bond acceptors (Lipinski definition) is 4. The first-order valence-electron chi connectivity index (χ1n) is 8.78. The third-order valence-electron chi connectivity index (χ3n) is 4.12. The van der Waals surface area contributed by atoms with Crippen LogP contribution in [0.25, 0.3) is 0 Å². The van der Waals surface area contributed by atoms with Crippen molar-refractivity contribution in [2.75, 3.05) is 13.6 Å². The van der Waals surface area contributed by atoms with Gasteiger partial charge >= 0.3 is 6.09 Å². The summed E-state index contributed by atoms with van der Waals surface area (Å²) in [6, 6.07) is 9.29. The Kier molecular flexibility index (Phi) is 6.08. The second-order valence-corrected chi connectivity index (χ2v) is 7.66. The monoisotopic (exact) mass is 359 g/mol. The van der Waals surface area contributed by atoms with E-state index >= 15 is 0 Å². The quantitative estimate of drug-likeness (QED) is 0.889. The molecule has 1 aromatic carbocycles. The number of rotatable bonds is 5. The molecule has 2 rings (SSSR count). The van der Waals surface area contributed by atoms with E-state index in [1.54, 1.807) is 11.7 Å². The van der Waals surface area contributed by atoms with Gasteiger partial charge in [-0.2, -0.15) is 5.10 Å². The van der Waals surface area contributed by atoms with Gasteiger partial charge < -0.3 is 14.7 Å². The zero-order valence-electron chi connectivity index (χ0n) is 16.4. The number of carbonyl (C=O) groups excluding carboxylic acids is 1. The van der Waals surface area contributed by atoms with E-state index in [9.17, 15) is 9.90 Å². The summed E-state index contributed by atoms with van der Waals surface area (Å²) < 4.78 is 7.14. The van der Waals surface area contributed by atoms with Crippen LogP contribution in [0.5, 0.6) is 0 Å². The Labute approximate surface area is 155 Å². The smallest absolute Gasteiger partial charge is 0.410 e. The van der Waals surface area contributed by atoms with Gasteiger partial charge in [0.05, 0.1) is 18.3 Å². The molecule has 1 heterocycles. The second-order valence-electron chi connectivity index (χ2n) is 7.66. The Morgan fingerprint density at radius 2 is 1.88 bits per heavy atom.